The number of thioether (sulfide) groups is 1. The number of aromatic nitrogens is 1. The van der Waals surface area contributed by atoms with E-state index in [0.717, 1.165) is 11.8 Å². The number of hydrogen-bond acceptors (Lipinski definition) is 12. The summed E-state index contributed by atoms with van der Waals surface area (Å²) in [6.07, 6.45) is -5.98. The Bertz CT molecular complexity index is 1410. The Hall–Kier alpha value is -3.70. The molecule has 0 aliphatic carbocycles. The van der Waals surface area contributed by atoms with E-state index in [1.54, 1.807) is 43.3 Å². The zero-order chi connectivity index (χ0) is 29.0. The molecule has 1 fully saturated rings. The number of esters is 1. The van der Waals surface area contributed by atoms with Gasteiger partial charge in [-0.05, 0) is 24.6 Å². The van der Waals surface area contributed by atoms with Crippen molar-refractivity contribution in [3.05, 3.63) is 59.7 Å². The van der Waals surface area contributed by atoms with E-state index in [-0.39, 0.29) is 51.1 Å². The molecule has 2 aromatic carbocycles. The molecule has 5 N–H and O–H groups in total. The van der Waals surface area contributed by atoms with Crippen LogP contribution in [0.4, 0.5) is 0 Å². The summed E-state index contributed by atoms with van der Waals surface area (Å²) < 4.78 is 16.1. The first kappa shape index (κ1) is 29.3. The highest BCUT2D eigenvalue weighted by Gasteiger charge is 2.44. The van der Waals surface area contributed by atoms with Crippen molar-refractivity contribution in [3.8, 4) is 40.0 Å². The molecule has 2 heterocycles. The van der Waals surface area contributed by atoms with Crippen LogP contribution in [-0.2, 0) is 9.47 Å². The smallest absolute Gasteiger partial charge is 0.341 e. The molecule has 0 bridgehead atoms. The molecule has 0 radical (unpaired) electrons. The molecule has 0 amide bonds. The van der Waals surface area contributed by atoms with Crippen LogP contribution in [0, 0.1) is 11.3 Å². The number of pyridine rings is 1. The van der Waals surface area contributed by atoms with Crippen molar-refractivity contribution in [3.63, 3.8) is 0 Å². The van der Waals surface area contributed by atoms with Crippen LogP contribution in [0.5, 0.6) is 11.5 Å². The number of ether oxygens (including phenoxy) is 3. The van der Waals surface area contributed by atoms with E-state index in [2.05, 4.69) is 11.1 Å². The minimum absolute atomic E-state index is 0.0210. The van der Waals surface area contributed by atoms with E-state index in [1.807, 2.05) is 0 Å². The highest BCUT2D eigenvalue weighted by molar-refractivity contribution is 7.99. The van der Waals surface area contributed by atoms with Gasteiger partial charge in [-0.2, -0.15) is 5.26 Å². The van der Waals surface area contributed by atoms with Gasteiger partial charge in [-0.25, -0.2) is 9.78 Å². The number of carbonyl (C=O) groups excluding carboxylic acids is 1. The van der Waals surface area contributed by atoms with Gasteiger partial charge >= 0.3 is 5.97 Å². The average Bonchev–Trinajstić information content (AvgIpc) is 2.97. The molecule has 3 aromatic rings. The average molecular weight is 569 g/mol. The topological polar surface area (TPSA) is 183 Å². The van der Waals surface area contributed by atoms with Gasteiger partial charge in [0.15, 0.2) is 11.5 Å². The largest absolute Gasteiger partial charge is 0.504 e. The number of nitrogens with zero attached hydrogens (tertiary/aromatic N) is 2. The summed E-state index contributed by atoms with van der Waals surface area (Å²) in [6.45, 7) is 1.05. The van der Waals surface area contributed by atoms with Gasteiger partial charge in [0.05, 0.1) is 37.1 Å². The van der Waals surface area contributed by atoms with Crippen LogP contribution in [0.25, 0.3) is 22.4 Å². The van der Waals surface area contributed by atoms with Crippen LogP contribution >= 0.6 is 11.8 Å². The highest BCUT2D eigenvalue weighted by atomic mass is 32.2. The number of nitriles is 1. The molecule has 4 rings (SSSR count). The van der Waals surface area contributed by atoms with E-state index < -0.39 is 42.4 Å². The number of phenolic OH excluding ortho intramolecular Hbond substituents is 1. The van der Waals surface area contributed by atoms with E-state index in [0.29, 0.717) is 5.56 Å². The normalized spacial score (nSPS) is 22.4. The van der Waals surface area contributed by atoms with Gasteiger partial charge in [0, 0.05) is 11.1 Å². The predicted octanol–water partition coefficient (Wildman–Crippen LogP) is 2.07. The van der Waals surface area contributed by atoms with Gasteiger partial charge in [-0.15, -0.1) is 0 Å². The van der Waals surface area contributed by atoms with Crippen LogP contribution < -0.4 is 4.74 Å². The number of hydrogen-bond donors (Lipinski definition) is 5. The second-order valence-electron chi connectivity index (χ2n) is 8.79. The van der Waals surface area contributed by atoms with Crippen LogP contribution in [-0.4, -0.2) is 86.7 Å². The van der Waals surface area contributed by atoms with Crippen LogP contribution in [0.1, 0.15) is 22.8 Å². The number of rotatable bonds is 8. The molecule has 12 heteroatoms. The number of aromatic hydroxyl groups is 1. The zero-order valence-electron chi connectivity index (χ0n) is 21.6. The molecular formula is C28H28N2O9S. The van der Waals surface area contributed by atoms with Crippen molar-refractivity contribution in [2.75, 3.05) is 20.3 Å². The van der Waals surface area contributed by atoms with Crippen molar-refractivity contribution in [2.45, 2.75) is 41.8 Å². The summed E-state index contributed by atoms with van der Waals surface area (Å²) in [5, 5.41) is 61.7. The maximum atomic E-state index is 13.4. The monoisotopic (exact) mass is 568 g/mol. The summed E-state index contributed by atoms with van der Waals surface area (Å²) in [5.74, 6) is -0.812. The highest BCUT2D eigenvalue weighted by Crippen LogP contribution is 2.43. The number of benzene rings is 2. The van der Waals surface area contributed by atoms with Gasteiger partial charge in [0.2, 0.25) is 0 Å². The summed E-state index contributed by atoms with van der Waals surface area (Å²) in [4.78, 5) is 18.0. The second-order valence-corrected chi connectivity index (χ2v) is 9.88. The van der Waals surface area contributed by atoms with Gasteiger partial charge in [0.25, 0.3) is 0 Å². The number of aliphatic hydroxyl groups is 4. The van der Waals surface area contributed by atoms with Crippen molar-refractivity contribution in [1.29, 1.82) is 5.26 Å². The second kappa shape index (κ2) is 12.6. The lowest BCUT2D eigenvalue weighted by Gasteiger charge is -2.39. The fraction of sp³-hybridized carbons (Fsp3) is 0.321. The zero-order valence-corrected chi connectivity index (χ0v) is 22.4. The maximum Gasteiger partial charge on any atom is 0.341 e. The Labute approximate surface area is 234 Å². The Balaban J connectivity index is 2.00. The van der Waals surface area contributed by atoms with Crippen LogP contribution in [0.3, 0.4) is 0 Å². The third-order valence-corrected chi connectivity index (χ3v) is 7.49. The first-order chi connectivity index (χ1) is 19.2. The molecule has 0 spiro atoms. The molecule has 0 unspecified atom stereocenters. The summed E-state index contributed by atoms with van der Waals surface area (Å²) in [5.41, 5.74) is -0.279. The minimum atomic E-state index is -1.64. The molecule has 40 heavy (non-hydrogen) atoms. The molecule has 0 saturated carbocycles. The number of phenols is 1. The SMILES string of the molecule is CCOC(=O)c1c(-c2ccccc2)nc(S[C@@H]2O[C@H](CO)[C@@H](O)[C@H](O)[C@H]2O)c(C#N)c1-c1ccc(OC)c(O)c1. The lowest BCUT2D eigenvalue weighted by Crippen LogP contribution is -2.57. The summed E-state index contributed by atoms with van der Waals surface area (Å²) in [7, 11) is 1.38. The molecule has 1 aromatic heterocycles. The van der Waals surface area contributed by atoms with Gasteiger partial charge in [0.1, 0.15) is 40.9 Å². The molecule has 1 aliphatic heterocycles. The van der Waals surface area contributed by atoms with E-state index >= 15 is 0 Å². The third-order valence-electron chi connectivity index (χ3n) is 6.35. The number of methoxy groups -OCH3 is 1. The van der Waals surface area contributed by atoms with Crippen LogP contribution in [0.15, 0.2) is 53.6 Å². The van der Waals surface area contributed by atoms with E-state index in [9.17, 15) is 35.6 Å². The molecule has 1 saturated heterocycles. The van der Waals surface area contributed by atoms with E-state index in [4.69, 9.17) is 14.2 Å². The molecule has 1 aliphatic rings. The quantitative estimate of drug-likeness (QED) is 0.250. The first-order valence-corrected chi connectivity index (χ1v) is 13.2. The molecular weight excluding hydrogens is 540 g/mol. The first-order valence-electron chi connectivity index (χ1n) is 12.3. The van der Waals surface area contributed by atoms with Gasteiger partial charge in [-0.3, -0.25) is 0 Å². The summed E-state index contributed by atoms with van der Waals surface area (Å²) >= 11 is 0.785. The Morgan fingerprint density at radius 1 is 1.10 bits per heavy atom. The van der Waals surface area contributed by atoms with Crippen molar-refractivity contribution in [2.24, 2.45) is 0 Å². The van der Waals surface area contributed by atoms with Crippen molar-refractivity contribution in [1.82, 2.24) is 4.98 Å². The molecule has 210 valence electrons. The van der Waals surface area contributed by atoms with Crippen molar-refractivity contribution < 1.29 is 44.5 Å². The van der Waals surface area contributed by atoms with Gasteiger partial charge in [-0.1, -0.05) is 48.2 Å². The van der Waals surface area contributed by atoms with Crippen molar-refractivity contribution >= 4 is 17.7 Å². The lowest BCUT2D eigenvalue weighted by molar-refractivity contribution is -0.205. The van der Waals surface area contributed by atoms with Crippen LogP contribution in [0.2, 0.25) is 0 Å². The fourth-order valence-corrected chi connectivity index (χ4v) is 5.50. The Morgan fingerprint density at radius 2 is 1.82 bits per heavy atom. The Morgan fingerprint density at radius 3 is 2.42 bits per heavy atom. The van der Waals surface area contributed by atoms with E-state index in [1.165, 1.54) is 19.2 Å². The number of carbonyl (C=O) groups is 1. The maximum absolute atomic E-state index is 13.4. The minimum Gasteiger partial charge on any atom is -0.504 e. The fourth-order valence-electron chi connectivity index (χ4n) is 4.37. The predicted molar refractivity (Wildman–Crippen MR) is 144 cm³/mol. The third kappa shape index (κ3) is 5.62. The lowest BCUT2D eigenvalue weighted by atomic mass is 9.92. The number of aliphatic hydroxyl groups excluding tert-OH is 4. The molecule has 11 nitrogen and oxygen atoms in total. The van der Waals surface area contributed by atoms with Gasteiger partial charge < -0.3 is 39.7 Å². The standard InChI is InChI=1S/C28H28N2O9S/c1-3-38-27(36)21-20(15-9-10-18(37-2)17(32)11-15)16(12-29)26(30-22(21)14-7-5-4-6-8-14)40-28-25(35)24(34)23(33)19(13-31)39-28/h4-11,19,23-25,28,31-35H,3,13H2,1-2H3/t19-,23-,24+,25-,28+/m1/s1. The summed E-state index contributed by atoms with van der Waals surface area (Å²) in [6, 6.07) is 15.2. The molecule has 5 atom stereocenters. The Kier molecular flexibility index (Phi) is 9.26.